The van der Waals surface area contributed by atoms with Crippen LogP contribution in [0.5, 0.6) is 0 Å². The second kappa shape index (κ2) is 3.21. The second-order valence-corrected chi connectivity index (χ2v) is 2.95. The molecule has 0 saturated carbocycles. The van der Waals surface area contributed by atoms with Gasteiger partial charge in [-0.25, -0.2) is 13.8 Å². The molecule has 72 valence electrons. The molecule has 0 aliphatic carbocycles. The van der Waals surface area contributed by atoms with Gasteiger partial charge >= 0.3 is 0 Å². The summed E-state index contributed by atoms with van der Waals surface area (Å²) in [7, 11) is 0. The number of aryl methyl sites for hydroxylation is 1. The van der Waals surface area contributed by atoms with Crippen molar-refractivity contribution in [3.63, 3.8) is 0 Å². The predicted octanol–water partition coefficient (Wildman–Crippen LogP) is 2.93. The second-order valence-electron chi connectivity index (χ2n) is 2.95. The quantitative estimate of drug-likeness (QED) is 0.699. The molecule has 0 fully saturated rings. The molecular formula is C10H7F2NO. The molecular weight excluding hydrogens is 188 g/mol. The van der Waals surface area contributed by atoms with Gasteiger partial charge in [0, 0.05) is 0 Å². The van der Waals surface area contributed by atoms with Crippen LogP contribution in [-0.4, -0.2) is 4.98 Å². The third kappa shape index (κ3) is 1.39. The Kier molecular flexibility index (Phi) is 2.04. The maximum absolute atomic E-state index is 13.3. The van der Waals surface area contributed by atoms with Gasteiger partial charge in [0.15, 0.2) is 12.2 Å². The van der Waals surface area contributed by atoms with Crippen LogP contribution in [0.4, 0.5) is 8.78 Å². The van der Waals surface area contributed by atoms with Crippen molar-refractivity contribution >= 4 is 0 Å². The van der Waals surface area contributed by atoms with Crippen molar-refractivity contribution in [3.05, 3.63) is 41.9 Å². The first-order valence-electron chi connectivity index (χ1n) is 4.03. The number of hydrogen-bond donors (Lipinski definition) is 0. The zero-order valence-electron chi connectivity index (χ0n) is 7.42. The number of benzene rings is 1. The molecule has 0 saturated heterocycles. The zero-order valence-corrected chi connectivity index (χ0v) is 7.42. The Morgan fingerprint density at radius 1 is 1.21 bits per heavy atom. The molecule has 0 aliphatic rings. The maximum atomic E-state index is 13.3. The molecule has 0 unspecified atom stereocenters. The minimum absolute atomic E-state index is 0.0885. The first-order chi connectivity index (χ1) is 6.68. The van der Waals surface area contributed by atoms with Crippen molar-refractivity contribution in [2.45, 2.75) is 6.92 Å². The van der Waals surface area contributed by atoms with Crippen LogP contribution in [0.25, 0.3) is 11.3 Å². The molecule has 14 heavy (non-hydrogen) atoms. The van der Waals surface area contributed by atoms with E-state index in [0.717, 1.165) is 12.1 Å². The Balaban J connectivity index is 2.60. The zero-order chi connectivity index (χ0) is 10.1. The Labute approximate surface area is 79.2 Å². The summed E-state index contributed by atoms with van der Waals surface area (Å²) >= 11 is 0. The van der Waals surface area contributed by atoms with Gasteiger partial charge in [0.1, 0.15) is 11.6 Å². The van der Waals surface area contributed by atoms with E-state index >= 15 is 0 Å². The molecule has 1 aromatic carbocycles. The summed E-state index contributed by atoms with van der Waals surface area (Å²) in [4.78, 5) is 3.64. The van der Waals surface area contributed by atoms with Crippen molar-refractivity contribution in [2.75, 3.05) is 0 Å². The number of hydrogen-bond acceptors (Lipinski definition) is 2. The topological polar surface area (TPSA) is 26.0 Å². The third-order valence-electron chi connectivity index (χ3n) is 1.95. The lowest BCUT2D eigenvalue weighted by molar-refractivity contribution is 0.555. The van der Waals surface area contributed by atoms with Crippen LogP contribution >= 0.6 is 0 Å². The molecule has 2 rings (SSSR count). The molecule has 0 aliphatic heterocycles. The van der Waals surface area contributed by atoms with Crippen LogP contribution in [0.2, 0.25) is 0 Å². The molecule has 1 aromatic heterocycles. The predicted molar refractivity (Wildman–Crippen MR) is 46.6 cm³/mol. The van der Waals surface area contributed by atoms with Crippen LogP contribution < -0.4 is 0 Å². The van der Waals surface area contributed by atoms with Gasteiger partial charge in [-0.1, -0.05) is 0 Å². The fourth-order valence-electron chi connectivity index (χ4n) is 1.18. The van der Waals surface area contributed by atoms with Gasteiger partial charge in [0.2, 0.25) is 0 Å². The monoisotopic (exact) mass is 195 g/mol. The Bertz CT molecular complexity index is 451. The molecule has 0 amide bonds. The maximum Gasteiger partial charge on any atom is 0.181 e. The number of halogens is 2. The largest absolute Gasteiger partial charge is 0.443 e. The fourth-order valence-corrected chi connectivity index (χ4v) is 1.18. The fraction of sp³-hybridized carbons (Fsp3) is 0.100. The average molecular weight is 195 g/mol. The van der Waals surface area contributed by atoms with E-state index in [4.69, 9.17) is 4.42 Å². The van der Waals surface area contributed by atoms with Crippen molar-refractivity contribution in [1.29, 1.82) is 0 Å². The van der Waals surface area contributed by atoms with Gasteiger partial charge in [0.05, 0.1) is 11.8 Å². The minimum Gasteiger partial charge on any atom is -0.443 e. The van der Waals surface area contributed by atoms with E-state index in [2.05, 4.69) is 4.98 Å². The molecule has 0 N–H and O–H groups in total. The van der Waals surface area contributed by atoms with Crippen molar-refractivity contribution in [2.24, 2.45) is 0 Å². The van der Waals surface area contributed by atoms with E-state index in [9.17, 15) is 8.78 Å². The number of oxazole rings is 1. The van der Waals surface area contributed by atoms with Crippen molar-refractivity contribution < 1.29 is 13.2 Å². The SMILES string of the molecule is Cc1cc(F)c(-c2cnco2)cc1F. The van der Waals surface area contributed by atoms with E-state index < -0.39 is 11.6 Å². The van der Waals surface area contributed by atoms with Crippen molar-refractivity contribution in [3.8, 4) is 11.3 Å². The summed E-state index contributed by atoms with van der Waals surface area (Å²) in [5, 5.41) is 0. The van der Waals surface area contributed by atoms with Crippen LogP contribution in [0.3, 0.4) is 0 Å². The Hall–Kier alpha value is -1.71. The Morgan fingerprint density at radius 3 is 2.64 bits per heavy atom. The van der Waals surface area contributed by atoms with E-state index in [1.54, 1.807) is 0 Å². The summed E-state index contributed by atoms with van der Waals surface area (Å²) in [5.41, 5.74) is 0.358. The molecule has 0 atom stereocenters. The lowest BCUT2D eigenvalue weighted by Crippen LogP contribution is -1.89. The highest BCUT2D eigenvalue weighted by atomic mass is 19.1. The van der Waals surface area contributed by atoms with Crippen molar-refractivity contribution in [1.82, 2.24) is 4.98 Å². The van der Waals surface area contributed by atoms with Gasteiger partial charge in [0.25, 0.3) is 0 Å². The van der Waals surface area contributed by atoms with Gasteiger partial charge in [-0.3, -0.25) is 0 Å². The number of rotatable bonds is 1. The van der Waals surface area contributed by atoms with E-state index in [1.165, 1.54) is 19.5 Å². The molecule has 2 aromatic rings. The normalized spacial score (nSPS) is 10.5. The first-order valence-corrected chi connectivity index (χ1v) is 4.03. The Morgan fingerprint density at radius 2 is 2.00 bits per heavy atom. The average Bonchev–Trinajstić information content (AvgIpc) is 2.64. The van der Waals surface area contributed by atoms with Crippen LogP contribution in [0.15, 0.2) is 29.1 Å². The van der Waals surface area contributed by atoms with E-state index in [-0.39, 0.29) is 16.9 Å². The molecule has 4 heteroatoms. The molecule has 0 bridgehead atoms. The smallest absolute Gasteiger partial charge is 0.181 e. The summed E-state index contributed by atoms with van der Waals surface area (Å²) in [6.07, 6.45) is 2.51. The lowest BCUT2D eigenvalue weighted by atomic mass is 10.1. The minimum atomic E-state index is -0.513. The van der Waals surface area contributed by atoms with Crippen LogP contribution in [0.1, 0.15) is 5.56 Å². The third-order valence-corrected chi connectivity index (χ3v) is 1.95. The van der Waals surface area contributed by atoms with E-state index in [1.807, 2.05) is 0 Å². The highest BCUT2D eigenvalue weighted by Gasteiger charge is 2.11. The summed E-state index contributed by atoms with van der Waals surface area (Å²) in [6.45, 7) is 1.50. The molecule has 0 spiro atoms. The van der Waals surface area contributed by atoms with Gasteiger partial charge in [-0.05, 0) is 24.6 Å². The number of nitrogens with zero attached hydrogens (tertiary/aromatic N) is 1. The summed E-state index contributed by atoms with van der Waals surface area (Å²) in [5.74, 6) is -0.750. The highest BCUT2D eigenvalue weighted by Crippen LogP contribution is 2.24. The van der Waals surface area contributed by atoms with Gasteiger partial charge < -0.3 is 4.42 Å². The van der Waals surface area contributed by atoms with Gasteiger partial charge in [-0.15, -0.1) is 0 Å². The van der Waals surface area contributed by atoms with Crippen LogP contribution in [0, 0.1) is 18.6 Å². The molecule has 1 heterocycles. The first kappa shape index (κ1) is 8.87. The van der Waals surface area contributed by atoms with Crippen LogP contribution in [-0.2, 0) is 0 Å². The highest BCUT2D eigenvalue weighted by molar-refractivity contribution is 5.57. The summed E-state index contributed by atoms with van der Waals surface area (Å²) < 4.78 is 31.3. The molecule has 2 nitrogen and oxygen atoms in total. The number of aromatic nitrogens is 1. The summed E-state index contributed by atoms with van der Waals surface area (Å²) in [6, 6.07) is 2.23. The lowest BCUT2D eigenvalue weighted by Gasteiger charge is -2.01. The van der Waals surface area contributed by atoms with Gasteiger partial charge in [-0.2, -0.15) is 0 Å². The van der Waals surface area contributed by atoms with E-state index in [0.29, 0.717) is 0 Å². The molecule has 0 radical (unpaired) electrons. The standard InChI is InChI=1S/C10H7F2NO/c1-6-2-9(12)7(3-8(6)11)10-4-13-5-14-10/h2-5H,1H3.